The normalized spacial score (nSPS) is 21.2. The smallest absolute Gasteiger partial charge is 0.274 e. The van der Waals surface area contributed by atoms with E-state index in [0.29, 0.717) is 23.6 Å². The Morgan fingerprint density at radius 2 is 1.70 bits per heavy atom. The van der Waals surface area contributed by atoms with Crippen molar-refractivity contribution in [2.45, 2.75) is 43.8 Å². The average molecular weight is 452 g/mol. The summed E-state index contributed by atoms with van der Waals surface area (Å²) in [7, 11) is 1.44. The van der Waals surface area contributed by atoms with Gasteiger partial charge < -0.3 is 5.32 Å². The Morgan fingerprint density at radius 3 is 2.33 bits per heavy atom. The van der Waals surface area contributed by atoms with E-state index in [1.165, 1.54) is 37.5 Å². The SMILES string of the molecule is CONC(=O)c1ccc(CN2CCC(NC3CC3c3ccccc3)CC2)cc1.Cl.Cl. The summed E-state index contributed by atoms with van der Waals surface area (Å²) in [4.78, 5) is 18.9. The summed E-state index contributed by atoms with van der Waals surface area (Å²) in [6.45, 7) is 3.17. The molecule has 2 aliphatic rings. The van der Waals surface area contributed by atoms with Gasteiger partial charge in [0.2, 0.25) is 0 Å². The molecule has 2 unspecified atom stereocenters. The minimum absolute atomic E-state index is 0. The molecule has 164 valence electrons. The van der Waals surface area contributed by atoms with E-state index >= 15 is 0 Å². The number of hydroxylamine groups is 1. The van der Waals surface area contributed by atoms with E-state index in [4.69, 9.17) is 0 Å². The largest absolute Gasteiger partial charge is 0.311 e. The first-order valence-corrected chi connectivity index (χ1v) is 10.2. The molecule has 5 nitrogen and oxygen atoms in total. The second-order valence-electron chi connectivity index (χ2n) is 7.91. The maximum atomic E-state index is 11.7. The summed E-state index contributed by atoms with van der Waals surface area (Å²) in [5.41, 5.74) is 5.68. The van der Waals surface area contributed by atoms with Crippen LogP contribution in [0.25, 0.3) is 0 Å². The summed E-state index contributed by atoms with van der Waals surface area (Å²) in [6, 6.07) is 19.9. The third-order valence-electron chi connectivity index (χ3n) is 5.87. The van der Waals surface area contributed by atoms with Crippen molar-refractivity contribution >= 4 is 30.7 Å². The van der Waals surface area contributed by atoms with Crippen LogP contribution in [0, 0.1) is 0 Å². The van der Waals surface area contributed by atoms with Crippen molar-refractivity contribution in [1.82, 2.24) is 15.7 Å². The third-order valence-corrected chi connectivity index (χ3v) is 5.87. The van der Waals surface area contributed by atoms with E-state index in [1.807, 2.05) is 24.3 Å². The molecule has 2 fully saturated rings. The summed E-state index contributed by atoms with van der Waals surface area (Å²) in [5, 5.41) is 3.87. The molecule has 0 spiro atoms. The van der Waals surface area contributed by atoms with Crippen LogP contribution in [0.2, 0.25) is 0 Å². The van der Waals surface area contributed by atoms with E-state index in [1.54, 1.807) is 0 Å². The maximum Gasteiger partial charge on any atom is 0.274 e. The number of likely N-dealkylation sites (tertiary alicyclic amines) is 1. The van der Waals surface area contributed by atoms with Crippen LogP contribution in [-0.4, -0.2) is 43.1 Å². The number of nitrogens with one attached hydrogen (secondary N) is 2. The fourth-order valence-corrected chi connectivity index (χ4v) is 4.18. The molecule has 2 aromatic rings. The lowest BCUT2D eigenvalue weighted by atomic mass is 10.0. The molecule has 0 bridgehead atoms. The number of carbonyl (C=O) groups excluding carboxylic acids is 1. The predicted octanol–water partition coefficient (Wildman–Crippen LogP) is 3.93. The van der Waals surface area contributed by atoms with E-state index in [0.717, 1.165) is 19.6 Å². The van der Waals surface area contributed by atoms with Gasteiger partial charge in [0.15, 0.2) is 0 Å². The lowest BCUT2D eigenvalue weighted by Gasteiger charge is -2.32. The van der Waals surface area contributed by atoms with E-state index in [2.05, 4.69) is 50.9 Å². The topological polar surface area (TPSA) is 53.6 Å². The van der Waals surface area contributed by atoms with Gasteiger partial charge >= 0.3 is 0 Å². The summed E-state index contributed by atoms with van der Waals surface area (Å²) in [5.74, 6) is 0.489. The predicted molar refractivity (Wildman–Crippen MR) is 124 cm³/mol. The monoisotopic (exact) mass is 451 g/mol. The molecule has 2 atom stereocenters. The van der Waals surface area contributed by atoms with Crippen LogP contribution in [0.5, 0.6) is 0 Å². The number of hydrogen-bond acceptors (Lipinski definition) is 4. The van der Waals surface area contributed by atoms with Gasteiger partial charge in [0, 0.05) is 30.1 Å². The van der Waals surface area contributed by atoms with Gasteiger partial charge in [-0.2, -0.15) is 0 Å². The molecule has 1 aliphatic heterocycles. The third kappa shape index (κ3) is 6.43. The molecule has 7 heteroatoms. The highest BCUT2D eigenvalue weighted by molar-refractivity contribution is 5.93. The molecule has 0 aromatic heterocycles. The molecular weight excluding hydrogens is 421 g/mol. The summed E-state index contributed by atoms with van der Waals surface area (Å²) < 4.78 is 0. The first-order valence-electron chi connectivity index (χ1n) is 10.2. The van der Waals surface area contributed by atoms with Gasteiger partial charge in [0.1, 0.15) is 0 Å². The zero-order chi connectivity index (χ0) is 19.3. The van der Waals surface area contributed by atoms with Crippen LogP contribution in [-0.2, 0) is 11.4 Å². The number of halogens is 2. The molecule has 1 aliphatic carbocycles. The molecule has 0 radical (unpaired) electrons. The summed E-state index contributed by atoms with van der Waals surface area (Å²) >= 11 is 0. The quantitative estimate of drug-likeness (QED) is 0.626. The number of benzene rings is 2. The highest BCUT2D eigenvalue weighted by atomic mass is 35.5. The van der Waals surface area contributed by atoms with Crippen LogP contribution in [0.3, 0.4) is 0 Å². The van der Waals surface area contributed by atoms with Crippen molar-refractivity contribution < 1.29 is 9.63 Å². The van der Waals surface area contributed by atoms with Crippen molar-refractivity contribution in [2.24, 2.45) is 0 Å². The fraction of sp³-hybridized carbons (Fsp3) is 0.435. The Bertz CT molecular complexity index is 781. The van der Waals surface area contributed by atoms with E-state index in [-0.39, 0.29) is 30.7 Å². The van der Waals surface area contributed by atoms with Gasteiger partial charge in [0.05, 0.1) is 7.11 Å². The van der Waals surface area contributed by atoms with E-state index in [9.17, 15) is 4.79 Å². The molecule has 1 heterocycles. The van der Waals surface area contributed by atoms with Crippen LogP contribution in [0.4, 0.5) is 0 Å². The van der Waals surface area contributed by atoms with Crippen molar-refractivity contribution in [3.8, 4) is 0 Å². The molecule has 2 N–H and O–H groups in total. The second kappa shape index (κ2) is 11.7. The summed E-state index contributed by atoms with van der Waals surface area (Å²) in [6.07, 6.45) is 3.67. The molecule has 2 aromatic carbocycles. The van der Waals surface area contributed by atoms with Crippen LogP contribution in [0.1, 0.15) is 46.7 Å². The van der Waals surface area contributed by atoms with Crippen molar-refractivity contribution in [3.63, 3.8) is 0 Å². The fourth-order valence-electron chi connectivity index (χ4n) is 4.18. The van der Waals surface area contributed by atoms with Gasteiger partial charge in [0.25, 0.3) is 5.91 Å². The van der Waals surface area contributed by atoms with Gasteiger partial charge in [-0.1, -0.05) is 42.5 Å². The number of carbonyl (C=O) groups is 1. The maximum absolute atomic E-state index is 11.7. The van der Waals surface area contributed by atoms with Gasteiger partial charge in [-0.15, -0.1) is 24.8 Å². The first-order chi connectivity index (χ1) is 13.7. The molecule has 1 saturated heterocycles. The minimum atomic E-state index is -0.213. The Labute approximate surface area is 191 Å². The van der Waals surface area contributed by atoms with Gasteiger partial charge in [-0.3, -0.25) is 14.5 Å². The molecular formula is C23H31Cl2N3O2. The van der Waals surface area contributed by atoms with Crippen LogP contribution in [0.15, 0.2) is 54.6 Å². The second-order valence-corrected chi connectivity index (χ2v) is 7.91. The molecule has 1 saturated carbocycles. The zero-order valence-electron chi connectivity index (χ0n) is 17.3. The standard InChI is InChI=1S/C23H29N3O2.2ClH/c1-28-25-23(27)19-9-7-17(8-10-19)16-26-13-11-20(12-14-26)24-22-15-21(22)18-5-3-2-4-6-18;;/h2-10,20-22,24H,11-16H2,1H3,(H,25,27);2*1H. The lowest BCUT2D eigenvalue weighted by molar-refractivity contribution is 0.0537. The molecule has 1 amide bonds. The number of rotatable bonds is 7. The van der Waals surface area contributed by atoms with Crippen molar-refractivity contribution in [3.05, 3.63) is 71.3 Å². The first kappa shape index (κ1) is 24.6. The minimum Gasteiger partial charge on any atom is -0.311 e. The zero-order valence-corrected chi connectivity index (χ0v) is 18.9. The number of amides is 1. The Morgan fingerprint density at radius 1 is 1.03 bits per heavy atom. The molecule has 30 heavy (non-hydrogen) atoms. The molecule has 4 rings (SSSR count). The number of hydrogen-bond donors (Lipinski definition) is 2. The highest BCUT2D eigenvalue weighted by Crippen LogP contribution is 2.41. The lowest BCUT2D eigenvalue weighted by Crippen LogP contribution is -2.43. The Kier molecular flexibility index (Phi) is 9.59. The van der Waals surface area contributed by atoms with Gasteiger partial charge in [-0.05, 0) is 55.6 Å². The highest BCUT2D eigenvalue weighted by Gasteiger charge is 2.39. The van der Waals surface area contributed by atoms with Crippen LogP contribution >= 0.6 is 24.8 Å². The number of nitrogens with zero attached hydrogens (tertiary/aromatic N) is 1. The van der Waals surface area contributed by atoms with Gasteiger partial charge in [-0.25, -0.2) is 5.48 Å². The Balaban J connectivity index is 0.00000160. The number of piperidine rings is 1. The van der Waals surface area contributed by atoms with Crippen LogP contribution < -0.4 is 10.8 Å². The van der Waals surface area contributed by atoms with Crippen molar-refractivity contribution in [1.29, 1.82) is 0 Å². The van der Waals surface area contributed by atoms with Crippen molar-refractivity contribution in [2.75, 3.05) is 20.2 Å². The Hall–Kier alpha value is -1.63. The average Bonchev–Trinajstić information content (AvgIpc) is 3.50. The van der Waals surface area contributed by atoms with E-state index < -0.39 is 0 Å².